The average Bonchev–Trinajstić information content (AvgIpc) is 2.91. The van der Waals surface area contributed by atoms with Crippen molar-refractivity contribution in [3.63, 3.8) is 0 Å². The minimum atomic E-state index is -0.334. The molecule has 0 aliphatic carbocycles. The van der Waals surface area contributed by atoms with Gasteiger partial charge in [-0.1, -0.05) is 15.9 Å². The van der Waals surface area contributed by atoms with Gasteiger partial charge in [-0.25, -0.2) is 4.79 Å². The van der Waals surface area contributed by atoms with Gasteiger partial charge in [-0.15, -0.1) is 11.3 Å². The van der Waals surface area contributed by atoms with Crippen LogP contribution in [0, 0.1) is 19.8 Å². The smallest absolute Gasteiger partial charge is 0.341 e. The first kappa shape index (κ1) is 15.5. The molecule has 1 aliphatic heterocycles. The summed E-state index contributed by atoms with van der Waals surface area (Å²) in [6, 6.07) is 0. The molecule has 0 bridgehead atoms. The van der Waals surface area contributed by atoms with Crippen LogP contribution >= 0.6 is 27.3 Å². The molecule has 1 fully saturated rings. The van der Waals surface area contributed by atoms with Crippen molar-refractivity contribution in [3.8, 4) is 0 Å². The summed E-state index contributed by atoms with van der Waals surface area (Å²) < 4.78 is 5.13. The normalized spacial score (nSPS) is 18.7. The van der Waals surface area contributed by atoms with Gasteiger partial charge in [0.2, 0.25) is 5.91 Å². The molecule has 1 aromatic heterocycles. The standard InChI is InChI=1S/C14H18BrNO3S/c1-4-19-14(18)12-8(2)9(3)20-13(12)16-7-10(6-15)5-11(16)17/h10H,4-7H2,1-3H3. The van der Waals surface area contributed by atoms with E-state index in [0.29, 0.717) is 31.1 Å². The van der Waals surface area contributed by atoms with E-state index in [0.717, 1.165) is 20.8 Å². The van der Waals surface area contributed by atoms with E-state index in [1.54, 1.807) is 11.8 Å². The molecule has 1 aliphatic rings. The molecule has 1 atom stereocenters. The second-order valence-electron chi connectivity index (χ2n) is 4.91. The number of hydrogen-bond donors (Lipinski definition) is 0. The van der Waals surface area contributed by atoms with Crippen molar-refractivity contribution >= 4 is 44.1 Å². The number of carbonyl (C=O) groups excluding carboxylic acids is 2. The van der Waals surface area contributed by atoms with Crippen LogP contribution in [0.3, 0.4) is 0 Å². The van der Waals surface area contributed by atoms with Crippen molar-refractivity contribution in [2.45, 2.75) is 27.2 Å². The van der Waals surface area contributed by atoms with Gasteiger partial charge in [-0.3, -0.25) is 4.79 Å². The Labute approximate surface area is 131 Å². The van der Waals surface area contributed by atoms with E-state index >= 15 is 0 Å². The first-order valence-corrected chi connectivity index (χ1v) is 8.56. The van der Waals surface area contributed by atoms with Crippen molar-refractivity contribution in [1.29, 1.82) is 0 Å². The maximum absolute atomic E-state index is 12.2. The Morgan fingerprint density at radius 1 is 1.50 bits per heavy atom. The van der Waals surface area contributed by atoms with Gasteiger partial charge in [0, 0.05) is 23.2 Å². The number of aryl methyl sites for hydroxylation is 1. The number of esters is 1. The Morgan fingerprint density at radius 3 is 2.75 bits per heavy atom. The highest BCUT2D eigenvalue weighted by Crippen LogP contribution is 2.39. The minimum absolute atomic E-state index is 0.0845. The Balaban J connectivity index is 2.39. The number of rotatable bonds is 4. The topological polar surface area (TPSA) is 46.6 Å². The molecule has 1 aromatic rings. The Kier molecular flexibility index (Phi) is 4.86. The number of nitrogens with zero attached hydrogens (tertiary/aromatic N) is 1. The molecule has 20 heavy (non-hydrogen) atoms. The Bertz CT molecular complexity index is 541. The van der Waals surface area contributed by atoms with Gasteiger partial charge in [0.05, 0.1) is 12.2 Å². The number of amides is 1. The van der Waals surface area contributed by atoms with Crippen LogP contribution in [-0.4, -0.2) is 30.4 Å². The lowest BCUT2D eigenvalue weighted by Crippen LogP contribution is -2.26. The summed E-state index contributed by atoms with van der Waals surface area (Å²) >= 11 is 4.93. The molecular formula is C14H18BrNO3S. The van der Waals surface area contributed by atoms with Crippen molar-refractivity contribution in [2.75, 3.05) is 23.4 Å². The van der Waals surface area contributed by atoms with Gasteiger partial charge < -0.3 is 9.64 Å². The molecule has 2 rings (SSSR count). The van der Waals surface area contributed by atoms with Crippen molar-refractivity contribution < 1.29 is 14.3 Å². The zero-order valence-corrected chi connectivity index (χ0v) is 14.3. The summed E-state index contributed by atoms with van der Waals surface area (Å²) in [5, 5.41) is 1.54. The molecule has 1 saturated heterocycles. The lowest BCUT2D eigenvalue weighted by Gasteiger charge is -2.16. The van der Waals surface area contributed by atoms with Crippen molar-refractivity contribution in [2.24, 2.45) is 5.92 Å². The lowest BCUT2D eigenvalue weighted by atomic mass is 10.1. The fourth-order valence-electron chi connectivity index (χ4n) is 2.32. The molecule has 0 aromatic carbocycles. The molecule has 4 nitrogen and oxygen atoms in total. The molecule has 1 amide bonds. The van der Waals surface area contributed by atoms with E-state index in [2.05, 4.69) is 15.9 Å². The van der Waals surface area contributed by atoms with Gasteiger partial charge in [0.25, 0.3) is 0 Å². The van der Waals surface area contributed by atoms with Gasteiger partial charge in [-0.2, -0.15) is 0 Å². The third kappa shape index (κ3) is 2.76. The fraction of sp³-hybridized carbons (Fsp3) is 0.571. The number of anilines is 1. The quantitative estimate of drug-likeness (QED) is 0.612. The molecule has 6 heteroatoms. The van der Waals surface area contributed by atoms with E-state index in [4.69, 9.17) is 4.74 Å². The summed E-state index contributed by atoms with van der Waals surface area (Å²) in [4.78, 5) is 27.1. The van der Waals surface area contributed by atoms with Crippen LogP contribution in [-0.2, 0) is 9.53 Å². The van der Waals surface area contributed by atoms with Crippen LogP contribution in [0.15, 0.2) is 0 Å². The average molecular weight is 360 g/mol. The maximum atomic E-state index is 12.2. The summed E-state index contributed by atoms with van der Waals surface area (Å²) in [7, 11) is 0. The predicted molar refractivity (Wildman–Crippen MR) is 84.0 cm³/mol. The number of alkyl halides is 1. The molecule has 110 valence electrons. The highest BCUT2D eigenvalue weighted by molar-refractivity contribution is 9.09. The van der Waals surface area contributed by atoms with E-state index in [9.17, 15) is 9.59 Å². The van der Waals surface area contributed by atoms with Gasteiger partial charge in [0.1, 0.15) is 5.00 Å². The largest absolute Gasteiger partial charge is 0.462 e. The molecular weight excluding hydrogens is 342 g/mol. The SMILES string of the molecule is CCOC(=O)c1c(N2CC(CBr)CC2=O)sc(C)c1C. The fourth-order valence-corrected chi connectivity index (χ4v) is 3.93. The van der Waals surface area contributed by atoms with E-state index in [-0.39, 0.29) is 11.9 Å². The van der Waals surface area contributed by atoms with Crippen LogP contribution in [0.25, 0.3) is 0 Å². The third-order valence-electron chi connectivity index (χ3n) is 3.51. The van der Waals surface area contributed by atoms with Gasteiger partial charge in [-0.05, 0) is 32.3 Å². The second-order valence-corrected chi connectivity index (χ2v) is 6.76. The van der Waals surface area contributed by atoms with Crippen LogP contribution < -0.4 is 4.90 Å². The minimum Gasteiger partial charge on any atom is -0.462 e. The molecule has 1 unspecified atom stereocenters. The number of halogens is 1. The zero-order valence-electron chi connectivity index (χ0n) is 11.9. The molecule has 2 heterocycles. The highest BCUT2D eigenvalue weighted by Gasteiger charge is 2.34. The lowest BCUT2D eigenvalue weighted by molar-refractivity contribution is -0.117. The molecule has 0 N–H and O–H groups in total. The third-order valence-corrected chi connectivity index (χ3v) is 5.66. The Morgan fingerprint density at radius 2 is 2.20 bits per heavy atom. The number of ether oxygens (including phenoxy) is 1. The Hall–Kier alpha value is -0.880. The summed E-state index contributed by atoms with van der Waals surface area (Å²) in [5.41, 5.74) is 1.47. The van der Waals surface area contributed by atoms with Crippen molar-refractivity contribution in [1.82, 2.24) is 0 Å². The maximum Gasteiger partial charge on any atom is 0.341 e. The summed E-state index contributed by atoms with van der Waals surface area (Å²) in [6.07, 6.45) is 0.531. The molecule has 0 saturated carbocycles. The second kappa shape index (κ2) is 6.26. The molecule has 0 radical (unpaired) electrons. The summed E-state index contributed by atoms with van der Waals surface area (Å²) in [5.74, 6) is 0.0564. The first-order chi connectivity index (χ1) is 9.49. The van der Waals surface area contributed by atoms with Crippen LogP contribution in [0.5, 0.6) is 0 Å². The van der Waals surface area contributed by atoms with Crippen molar-refractivity contribution in [3.05, 3.63) is 16.0 Å². The van der Waals surface area contributed by atoms with Crippen LogP contribution in [0.2, 0.25) is 0 Å². The first-order valence-electron chi connectivity index (χ1n) is 6.63. The number of hydrogen-bond acceptors (Lipinski definition) is 4. The van der Waals surface area contributed by atoms with Gasteiger partial charge in [0.15, 0.2) is 0 Å². The van der Waals surface area contributed by atoms with E-state index < -0.39 is 0 Å². The van der Waals surface area contributed by atoms with E-state index in [1.807, 2.05) is 13.8 Å². The molecule has 0 spiro atoms. The van der Waals surface area contributed by atoms with Crippen LogP contribution in [0.1, 0.15) is 34.1 Å². The summed E-state index contributed by atoms with van der Waals surface area (Å²) in [6.45, 7) is 6.66. The number of carbonyl (C=O) groups is 2. The van der Waals surface area contributed by atoms with Gasteiger partial charge >= 0.3 is 5.97 Å². The monoisotopic (exact) mass is 359 g/mol. The van der Waals surface area contributed by atoms with E-state index in [1.165, 1.54) is 11.3 Å². The number of thiophene rings is 1. The zero-order chi connectivity index (χ0) is 14.9. The highest BCUT2D eigenvalue weighted by atomic mass is 79.9. The predicted octanol–water partition coefficient (Wildman–Crippen LogP) is 3.29. The van der Waals surface area contributed by atoms with Crippen LogP contribution in [0.4, 0.5) is 5.00 Å².